The van der Waals surface area contributed by atoms with Gasteiger partial charge in [-0.25, -0.2) is 9.37 Å². The van der Waals surface area contributed by atoms with E-state index in [0.717, 1.165) is 5.69 Å². The van der Waals surface area contributed by atoms with Gasteiger partial charge in [0.25, 0.3) is 0 Å². The SMILES string of the molecule is Fc1ccccc1SCc1cnc(Cl)cn1. The number of halogens is 2. The van der Waals surface area contributed by atoms with Crippen LogP contribution in [0.4, 0.5) is 4.39 Å². The first kappa shape index (κ1) is 11.4. The van der Waals surface area contributed by atoms with Gasteiger partial charge >= 0.3 is 0 Å². The van der Waals surface area contributed by atoms with Gasteiger partial charge in [-0.05, 0) is 12.1 Å². The van der Waals surface area contributed by atoms with Crippen LogP contribution in [0.5, 0.6) is 0 Å². The first-order chi connectivity index (χ1) is 7.75. The monoisotopic (exact) mass is 254 g/mol. The molecule has 5 heteroatoms. The second kappa shape index (κ2) is 5.27. The van der Waals surface area contributed by atoms with Crippen LogP contribution in [0.1, 0.15) is 5.69 Å². The Morgan fingerprint density at radius 3 is 2.69 bits per heavy atom. The van der Waals surface area contributed by atoms with Gasteiger partial charge in [-0.15, -0.1) is 11.8 Å². The smallest absolute Gasteiger partial charge is 0.147 e. The predicted molar refractivity (Wildman–Crippen MR) is 63.0 cm³/mol. The first-order valence-electron chi connectivity index (χ1n) is 4.59. The van der Waals surface area contributed by atoms with Crippen molar-refractivity contribution < 1.29 is 4.39 Å². The van der Waals surface area contributed by atoms with E-state index in [9.17, 15) is 4.39 Å². The van der Waals surface area contributed by atoms with Crippen molar-refractivity contribution in [2.45, 2.75) is 10.6 Å². The largest absolute Gasteiger partial charge is 0.256 e. The standard InChI is InChI=1S/C11H8ClFN2S/c12-11-6-14-8(5-15-11)7-16-10-4-2-1-3-9(10)13/h1-6H,7H2. The first-order valence-corrected chi connectivity index (χ1v) is 5.96. The van der Waals surface area contributed by atoms with E-state index in [1.54, 1.807) is 24.4 Å². The molecule has 0 atom stereocenters. The van der Waals surface area contributed by atoms with Gasteiger partial charge in [0.1, 0.15) is 11.0 Å². The second-order valence-electron chi connectivity index (χ2n) is 3.05. The molecule has 1 aromatic heterocycles. The Bertz CT molecular complexity index is 476. The van der Waals surface area contributed by atoms with Crippen LogP contribution >= 0.6 is 23.4 Å². The van der Waals surface area contributed by atoms with Gasteiger partial charge in [-0.1, -0.05) is 23.7 Å². The lowest BCUT2D eigenvalue weighted by Crippen LogP contribution is -1.89. The molecule has 0 spiro atoms. The molecular formula is C11H8ClFN2S. The van der Waals surface area contributed by atoms with Crippen molar-refractivity contribution in [3.63, 3.8) is 0 Å². The van der Waals surface area contributed by atoms with Crippen LogP contribution < -0.4 is 0 Å². The van der Waals surface area contributed by atoms with Crippen LogP contribution in [0, 0.1) is 5.82 Å². The molecule has 0 amide bonds. The summed E-state index contributed by atoms with van der Waals surface area (Å²) in [5, 5.41) is 0.361. The molecule has 1 heterocycles. The average molecular weight is 255 g/mol. The van der Waals surface area contributed by atoms with Gasteiger partial charge in [0, 0.05) is 10.6 Å². The summed E-state index contributed by atoms with van der Waals surface area (Å²) in [5.41, 5.74) is 0.776. The Labute approximate surface area is 102 Å². The second-order valence-corrected chi connectivity index (χ2v) is 4.45. The summed E-state index contributed by atoms with van der Waals surface area (Å²) in [4.78, 5) is 8.61. The fourth-order valence-electron chi connectivity index (χ4n) is 1.13. The molecule has 0 unspecified atom stereocenters. The number of thioether (sulfide) groups is 1. The molecule has 0 aliphatic carbocycles. The Balaban J connectivity index is 2.02. The molecule has 0 N–H and O–H groups in total. The fourth-order valence-corrected chi connectivity index (χ4v) is 2.06. The molecular weight excluding hydrogens is 247 g/mol. The molecule has 2 aromatic rings. The summed E-state index contributed by atoms with van der Waals surface area (Å²) in [6, 6.07) is 6.65. The summed E-state index contributed by atoms with van der Waals surface area (Å²) in [6.07, 6.45) is 3.08. The van der Waals surface area contributed by atoms with Crippen molar-refractivity contribution in [1.29, 1.82) is 0 Å². The highest BCUT2D eigenvalue weighted by Crippen LogP contribution is 2.24. The molecule has 1 aromatic carbocycles. The number of aromatic nitrogens is 2. The van der Waals surface area contributed by atoms with E-state index in [1.165, 1.54) is 24.0 Å². The van der Waals surface area contributed by atoms with E-state index in [-0.39, 0.29) is 5.82 Å². The molecule has 0 saturated carbocycles. The number of hydrogen-bond donors (Lipinski definition) is 0. The summed E-state index contributed by atoms with van der Waals surface area (Å²) < 4.78 is 13.3. The van der Waals surface area contributed by atoms with E-state index in [0.29, 0.717) is 15.8 Å². The summed E-state index contributed by atoms with van der Waals surface area (Å²) in [6.45, 7) is 0. The highest BCUT2D eigenvalue weighted by Gasteiger charge is 2.02. The van der Waals surface area contributed by atoms with Gasteiger partial charge in [0.05, 0.1) is 18.1 Å². The highest BCUT2D eigenvalue weighted by atomic mass is 35.5. The van der Waals surface area contributed by atoms with Crippen molar-refractivity contribution in [2.24, 2.45) is 0 Å². The maximum Gasteiger partial charge on any atom is 0.147 e. The molecule has 0 fully saturated rings. The number of rotatable bonds is 3. The van der Waals surface area contributed by atoms with Crippen LogP contribution in [0.3, 0.4) is 0 Å². The minimum absolute atomic E-state index is 0.213. The maximum absolute atomic E-state index is 13.3. The lowest BCUT2D eigenvalue weighted by Gasteiger charge is -2.02. The van der Waals surface area contributed by atoms with Crippen molar-refractivity contribution in [1.82, 2.24) is 9.97 Å². The van der Waals surface area contributed by atoms with Crippen LogP contribution in [0.2, 0.25) is 5.15 Å². The van der Waals surface area contributed by atoms with Gasteiger partial charge in [-0.3, -0.25) is 4.98 Å². The summed E-state index contributed by atoms with van der Waals surface area (Å²) >= 11 is 7.00. The Hall–Kier alpha value is -1.13. The molecule has 0 radical (unpaired) electrons. The van der Waals surface area contributed by atoms with Crippen molar-refractivity contribution in [3.05, 3.63) is 53.3 Å². The molecule has 16 heavy (non-hydrogen) atoms. The molecule has 0 bridgehead atoms. The third kappa shape index (κ3) is 2.93. The minimum atomic E-state index is -0.213. The molecule has 2 rings (SSSR count). The van der Waals surface area contributed by atoms with Crippen molar-refractivity contribution >= 4 is 23.4 Å². The highest BCUT2D eigenvalue weighted by molar-refractivity contribution is 7.98. The van der Waals surface area contributed by atoms with Gasteiger partial charge in [-0.2, -0.15) is 0 Å². The molecule has 82 valence electrons. The normalized spacial score (nSPS) is 10.4. The number of benzene rings is 1. The number of nitrogens with zero attached hydrogens (tertiary/aromatic N) is 2. The van der Waals surface area contributed by atoms with Crippen LogP contribution in [0.15, 0.2) is 41.6 Å². The van der Waals surface area contributed by atoms with E-state index in [1.807, 2.05) is 0 Å². The van der Waals surface area contributed by atoms with E-state index in [4.69, 9.17) is 11.6 Å². The zero-order valence-electron chi connectivity index (χ0n) is 8.23. The quantitative estimate of drug-likeness (QED) is 0.784. The third-order valence-electron chi connectivity index (χ3n) is 1.89. The zero-order valence-corrected chi connectivity index (χ0v) is 9.80. The van der Waals surface area contributed by atoms with E-state index >= 15 is 0 Å². The van der Waals surface area contributed by atoms with Crippen LogP contribution in [-0.4, -0.2) is 9.97 Å². The van der Waals surface area contributed by atoms with Crippen LogP contribution in [0.25, 0.3) is 0 Å². The Morgan fingerprint density at radius 2 is 2.00 bits per heavy atom. The predicted octanol–water partition coefficient (Wildman–Crippen LogP) is 3.56. The molecule has 2 nitrogen and oxygen atoms in total. The van der Waals surface area contributed by atoms with Gasteiger partial charge in [0.2, 0.25) is 0 Å². The Morgan fingerprint density at radius 1 is 1.19 bits per heavy atom. The van der Waals surface area contributed by atoms with E-state index in [2.05, 4.69) is 9.97 Å². The lowest BCUT2D eigenvalue weighted by molar-refractivity contribution is 0.602. The molecule has 0 aliphatic heterocycles. The van der Waals surface area contributed by atoms with Crippen molar-refractivity contribution in [2.75, 3.05) is 0 Å². The van der Waals surface area contributed by atoms with E-state index < -0.39 is 0 Å². The molecule has 0 aliphatic rings. The zero-order chi connectivity index (χ0) is 11.4. The Kier molecular flexibility index (Phi) is 3.74. The number of hydrogen-bond acceptors (Lipinski definition) is 3. The minimum Gasteiger partial charge on any atom is -0.256 e. The average Bonchev–Trinajstić information content (AvgIpc) is 2.30. The fraction of sp³-hybridized carbons (Fsp3) is 0.0909. The molecule has 0 saturated heterocycles. The summed E-state index contributed by atoms with van der Waals surface area (Å²) in [5.74, 6) is 0.361. The third-order valence-corrected chi connectivity index (χ3v) is 3.16. The van der Waals surface area contributed by atoms with Gasteiger partial charge in [0.15, 0.2) is 0 Å². The maximum atomic E-state index is 13.3. The topological polar surface area (TPSA) is 25.8 Å². The van der Waals surface area contributed by atoms with Gasteiger partial charge < -0.3 is 0 Å². The van der Waals surface area contributed by atoms with Crippen molar-refractivity contribution in [3.8, 4) is 0 Å². The summed E-state index contributed by atoms with van der Waals surface area (Å²) in [7, 11) is 0. The lowest BCUT2D eigenvalue weighted by atomic mass is 10.3. The van der Waals surface area contributed by atoms with Crippen LogP contribution in [-0.2, 0) is 5.75 Å².